The van der Waals surface area contributed by atoms with Crippen LogP contribution in [0.25, 0.3) is 10.9 Å². The first-order valence-electron chi connectivity index (χ1n) is 4.85. The number of benzene rings is 1. The molecule has 0 radical (unpaired) electrons. The molecule has 0 bridgehead atoms. The van der Waals surface area contributed by atoms with Crippen LogP contribution in [0.15, 0.2) is 18.2 Å². The standard InChI is InChI=1S/C11H11ClN2/c12-9-3-1-2-8-7-4-5-13-6-10(7)14-11(8)9/h1-3,13-14H,4-6H2. The summed E-state index contributed by atoms with van der Waals surface area (Å²) in [7, 11) is 0. The van der Waals surface area contributed by atoms with Crippen molar-refractivity contribution in [2.24, 2.45) is 0 Å². The van der Waals surface area contributed by atoms with Gasteiger partial charge in [-0.15, -0.1) is 0 Å². The van der Waals surface area contributed by atoms with Crippen molar-refractivity contribution in [1.82, 2.24) is 10.3 Å². The van der Waals surface area contributed by atoms with Crippen molar-refractivity contribution in [1.29, 1.82) is 0 Å². The van der Waals surface area contributed by atoms with Crippen LogP contribution in [0.2, 0.25) is 5.02 Å². The Kier molecular flexibility index (Phi) is 1.79. The quantitative estimate of drug-likeness (QED) is 0.681. The first kappa shape index (κ1) is 8.33. The van der Waals surface area contributed by atoms with Gasteiger partial charge in [-0.1, -0.05) is 23.7 Å². The van der Waals surface area contributed by atoms with Crippen LogP contribution in [-0.4, -0.2) is 11.5 Å². The molecule has 2 aromatic rings. The number of hydrogen-bond donors (Lipinski definition) is 2. The molecule has 0 saturated heterocycles. The minimum absolute atomic E-state index is 0.817. The summed E-state index contributed by atoms with van der Waals surface area (Å²) in [5.41, 5.74) is 3.81. The lowest BCUT2D eigenvalue weighted by atomic mass is 10.1. The Morgan fingerprint density at radius 1 is 1.29 bits per heavy atom. The maximum Gasteiger partial charge on any atom is 0.0648 e. The summed E-state index contributed by atoms with van der Waals surface area (Å²) < 4.78 is 0. The number of H-pyrrole nitrogens is 1. The molecule has 14 heavy (non-hydrogen) atoms. The Morgan fingerprint density at radius 3 is 3.14 bits per heavy atom. The fraction of sp³-hybridized carbons (Fsp3) is 0.273. The van der Waals surface area contributed by atoms with Crippen molar-refractivity contribution in [3.05, 3.63) is 34.5 Å². The minimum Gasteiger partial charge on any atom is -0.356 e. The van der Waals surface area contributed by atoms with Gasteiger partial charge in [0.25, 0.3) is 0 Å². The molecule has 1 aromatic heterocycles. The van der Waals surface area contributed by atoms with Crippen molar-refractivity contribution in [3.8, 4) is 0 Å². The topological polar surface area (TPSA) is 27.8 Å². The maximum atomic E-state index is 6.13. The van der Waals surface area contributed by atoms with E-state index in [1.165, 1.54) is 16.6 Å². The third-order valence-corrected chi connectivity index (χ3v) is 3.15. The molecule has 0 unspecified atom stereocenters. The SMILES string of the molecule is Clc1cccc2c3c([nH]c12)CNCC3. The Balaban J connectivity index is 2.36. The molecule has 1 aliphatic rings. The molecular formula is C11H11ClN2. The van der Waals surface area contributed by atoms with Gasteiger partial charge in [-0.3, -0.25) is 0 Å². The van der Waals surface area contributed by atoms with Gasteiger partial charge in [0, 0.05) is 17.6 Å². The lowest BCUT2D eigenvalue weighted by Crippen LogP contribution is -2.22. The van der Waals surface area contributed by atoms with E-state index >= 15 is 0 Å². The highest BCUT2D eigenvalue weighted by atomic mass is 35.5. The van der Waals surface area contributed by atoms with E-state index < -0.39 is 0 Å². The van der Waals surface area contributed by atoms with E-state index in [0.29, 0.717) is 0 Å². The predicted octanol–water partition coefficient (Wildman–Crippen LogP) is 2.47. The molecule has 3 heteroatoms. The Morgan fingerprint density at radius 2 is 2.21 bits per heavy atom. The van der Waals surface area contributed by atoms with Crippen LogP contribution >= 0.6 is 11.6 Å². The number of rotatable bonds is 0. The lowest BCUT2D eigenvalue weighted by molar-refractivity contribution is 0.637. The average Bonchev–Trinajstić information content (AvgIpc) is 2.59. The van der Waals surface area contributed by atoms with Crippen molar-refractivity contribution in [2.45, 2.75) is 13.0 Å². The molecule has 1 aromatic carbocycles. The minimum atomic E-state index is 0.817. The smallest absolute Gasteiger partial charge is 0.0648 e. The van der Waals surface area contributed by atoms with E-state index in [2.05, 4.69) is 16.4 Å². The zero-order valence-corrected chi connectivity index (χ0v) is 8.49. The molecule has 2 heterocycles. The lowest BCUT2D eigenvalue weighted by Gasteiger charge is -2.12. The highest BCUT2D eigenvalue weighted by Gasteiger charge is 2.15. The van der Waals surface area contributed by atoms with Gasteiger partial charge in [0.05, 0.1) is 10.5 Å². The molecule has 0 saturated carbocycles. The third-order valence-electron chi connectivity index (χ3n) is 2.83. The van der Waals surface area contributed by atoms with Crippen LogP contribution in [-0.2, 0) is 13.0 Å². The first-order valence-corrected chi connectivity index (χ1v) is 5.23. The third kappa shape index (κ3) is 1.08. The number of fused-ring (bicyclic) bond motifs is 3. The average molecular weight is 207 g/mol. The second kappa shape index (κ2) is 3.01. The number of aromatic nitrogens is 1. The zero-order chi connectivity index (χ0) is 9.54. The molecule has 2 N–H and O–H groups in total. The zero-order valence-electron chi connectivity index (χ0n) is 7.73. The van der Waals surface area contributed by atoms with Gasteiger partial charge in [-0.2, -0.15) is 0 Å². The van der Waals surface area contributed by atoms with Gasteiger partial charge < -0.3 is 10.3 Å². The normalized spacial score (nSPS) is 15.8. The molecule has 0 aliphatic carbocycles. The van der Waals surface area contributed by atoms with E-state index in [9.17, 15) is 0 Å². The van der Waals surface area contributed by atoms with Crippen LogP contribution in [0.4, 0.5) is 0 Å². The Labute approximate surface area is 87.3 Å². The molecule has 1 aliphatic heterocycles. The van der Waals surface area contributed by atoms with Gasteiger partial charge in [-0.05, 0) is 24.6 Å². The largest absolute Gasteiger partial charge is 0.356 e. The van der Waals surface area contributed by atoms with Crippen molar-refractivity contribution in [3.63, 3.8) is 0 Å². The molecule has 0 spiro atoms. The van der Waals surface area contributed by atoms with Crippen molar-refractivity contribution in [2.75, 3.05) is 6.54 Å². The Hall–Kier alpha value is -0.990. The molecule has 72 valence electrons. The summed E-state index contributed by atoms with van der Waals surface area (Å²) >= 11 is 6.13. The summed E-state index contributed by atoms with van der Waals surface area (Å²) in [6, 6.07) is 6.09. The van der Waals surface area contributed by atoms with E-state index in [4.69, 9.17) is 11.6 Å². The molecule has 0 amide bonds. The highest BCUT2D eigenvalue weighted by Crippen LogP contribution is 2.29. The number of para-hydroxylation sites is 1. The summed E-state index contributed by atoms with van der Waals surface area (Å²) in [5, 5.41) is 5.45. The first-order chi connectivity index (χ1) is 6.86. The van der Waals surface area contributed by atoms with E-state index in [0.717, 1.165) is 30.0 Å². The molecule has 3 rings (SSSR count). The van der Waals surface area contributed by atoms with Gasteiger partial charge >= 0.3 is 0 Å². The monoisotopic (exact) mass is 206 g/mol. The number of nitrogens with one attached hydrogen (secondary N) is 2. The fourth-order valence-corrected chi connectivity index (χ4v) is 2.38. The van der Waals surface area contributed by atoms with Crippen molar-refractivity contribution < 1.29 is 0 Å². The molecule has 0 fully saturated rings. The second-order valence-corrected chi connectivity index (χ2v) is 4.08. The van der Waals surface area contributed by atoms with E-state index in [1.54, 1.807) is 0 Å². The van der Waals surface area contributed by atoms with Crippen LogP contribution in [0.1, 0.15) is 11.3 Å². The number of hydrogen-bond acceptors (Lipinski definition) is 1. The molecule has 0 atom stereocenters. The highest BCUT2D eigenvalue weighted by molar-refractivity contribution is 6.35. The van der Waals surface area contributed by atoms with E-state index in [-0.39, 0.29) is 0 Å². The van der Waals surface area contributed by atoms with Crippen LogP contribution in [0.3, 0.4) is 0 Å². The summed E-state index contributed by atoms with van der Waals surface area (Å²) in [6.07, 6.45) is 1.09. The van der Waals surface area contributed by atoms with Crippen LogP contribution in [0, 0.1) is 0 Å². The van der Waals surface area contributed by atoms with Gasteiger partial charge in [-0.25, -0.2) is 0 Å². The summed E-state index contributed by atoms with van der Waals surface area (Å²) in [4.78, 5) is 3.39. The van der Waals surface area contributed by atoms with E-state index in [1.807, 2.05) is 12.1 Å². The second-order valence-electron chi connectivity index (χ2n) is 3.67. The summed E-state index contributed by atoms with van der Waals surface area (Å²) in [5.74, 6) is 0. The van der Waals surface area contributed by atoms with Crippen LogP contribution in [0.5, 0.6) is 0 Å². The van der Waals surface area contributed by atoms with Crippen LogP contribution < -0.4 is 5.32 Å². The number of halogens is 1. The molecule has 2 nitrogen and oxygen atoms in total. The summed E-state index contributed by atoms with van der Waals surface area (Å²) in [6.45, 7) is 1.99. The molecular weight excluding hydrogens is 196 g/mol. The van der Waals surface area contributed by atoms with Crippen molar-refractivity contribution >= 4 is 22.5 Å². The fourth-order valence-electron chi connectivity index (χ4n) is 2.15. The number of aromatic amines is 1. The van der Waals surface area contributed by atoms with Gasteiger partial charge in [0.1, 0.15) is 0 Å². The maximum absolute atomic E-state index is 6.13. The Bertz CT molecular complexity index is 487. The predicted molar refractivity (Wildman–Crippen MR) is 58.7 cm³/mol. The van der Waals surface area contributed by atoms with Gasteiger partial charge in [0.2, 0.25) is 0 Å². The van der Waals surface area contributed by atoms with Gasteiger partial charge in [0.15, 0.2) is 0 Å².